The Morgan fingerprint density at radius 3 is 2.29 bits per heavy atom. The van der Waals surface area contributed by atoms with E-state index in [2.05, 4.69) is 5.32 Å². The van der Waals surface area contributed by atoms with Crippen molar-refractivity contribution in [1.29, 1.82) is 0 Å². The fraction of sp³-hybridized carbons (Fsp3) is 0.286. The predicted molar refractivity (Wildman–Crippen MR) is 73.8 cm³/mol. The van der Waals surface area contributed by atoms with Crippen LogP contribution in [0.25, 0.3) is 0 Å². The summed E-state index contributed by atoms with van der Waals surface area (Å²) in [5.74, 6) is -3.26. The van der Waals surface area contributed by atoms with Gasteiger partial charge < -0.3 is 0 Å². The van der Waals surface area contributed by atoms with Gasteiger partial charge in [0.05, 0.1) is 16.0 Å². The van der Waals surface area contributed by atoms with Gasteiger partial charge in [0, 0.05) is 5.92 Å². The Bertz CT molecular complexity index is 963. The van der Waals surface area contributed by atoms with Crippen molar-refractivity contribution in [2.24, 2.45) is 5.92 Å². The minimum absolute atomic E-state index is 0.0391. The van der Waals surface area contributed by atoms with Gasteiger partial charge in [-0.2, -0.15) is 8.42 Å². The molecule has 3 aliphatic heterocycles. The largest absolute Gasteiger partial charge is 0.332 e. The summed E-state index contributed by atoms with van der Waals surface area (Å²) in [7, 11) is -5.04. The minimum Gasteiger partial charge on any atom is -0.294 e. The van der Waals surface area contributed by atoms with Crippen LogP contribution < -0.4 is 5.32 Å². The highest BCUT2D eigenvalue weighted by molar-refractivity contribution is 7.86. The van der Waals surface area contributed by atoms with Crippen molar-refractivity contribution in [3.8, 4) is 0 Å². The number of carbonyl (C=O) groups is 4. The summed E-state index contributed by atoms with van der Waals surface area (Å²) >= 11 is 0. The third-order valence-corrected chi connectivity index (χ3v) is 5.58. The molecule has 3 heterocycles. The van der Waals surface area contributed by atoms with Crippen LogP contribution in [-0.2, 0) is 19.8 Å². The molecule has 0 spiro atoms. The Balaban J connectivity index is 1.79. The Kier molecular flexibility index (Phi) is 2.65. The quantitative estimate of drug-likeness (QED) is 0.579. The molecule has 1 N–H and O–H groups in total. The molecule has 4 aliphatic rings. The van der Waals surface area contributed by atoms with Crippen LogP contribution in [0, 0.1) is 5.92 Å². The lowest BCUT2D eigenvalue weighted by molar-refractivity contribution is -0.158. The SMILES string of the molecule is O=C1NC(=O)C2(N3C(=O)c4ccc(S(=O)(=O)F)cc4C3=O)CC1C2. The summed E-state index contributed by atoms with van der Waals surface area (Å²) in [6.07, 6.45) is 0.0782. The topological polar surface area (TPSA) is 118 Å². The molecule has 5 rings (SSSR count). The first-order chi connectivity index (χ1) is 11.1. The van der Waals surface area contributed by atoms with E-state index >= 15 is 0 Å². The second-order valence-electron chi connectivity index (χ2n) is 6.05. The number of halogens is 1. The summed E-state index contributed by atoms with van der Waals surface area (Å²) in [6, 6.07) is 2.71. The van der Waals surface area contributed by atoms with E-state index in [1.807, 2.05) is 0 Å². The Morgan fingerprint density at radius 2 is 1.71 bits per heavy atom. The first-order valence-corrected chi connectivity index (χ1v) is 8.36. The minimum atomic E-state index is -5.04. The second-order valence-corrected chi connectivity index (χ2v) is 7.39. The Labute approximate surface area is 134 Å². The maximum atomic E-state index is 13.1. The van der Waals surface area contributed by atoms with Crippen molar-refractivity contribution in [2.45, 2.75) is 23.3 Å². The van der Waals surface area contributed by atoms with E-state index in [0.717, 1.165) is 23.1 Å². The summed E-state index contributed by atoms with van der Waals surface area (Å²) in [4.78, 5) is 48.8. The highest BCUT2D eigenvalue weighted by Crippen LogP contribution is 2.48. The lowest BCUT2D eigenvalue weighted by Gasteiger charge is -2.52. The molecule has 1 aliphatic carbocycles. The molecule has 10 heteroatoms. The van der Waals surface area contributed by atoms with Gasteiger partial charge >= 0.3 is 10.2 Å². The van der Waals surface area contributed by atoms with E-state index < -0.39 is 50.2 Å². The molecule has 124 valence electrons. The van der Waals surface area contributed by atoms with Crippen LogP contribution in [0.5, 0.6) is 0 Å². The normalized spacial score (nSPS) is 28.5. The highest BCUT2D eigenvalue weighted by Gasteiger charge is 2.65. The molecule has 24 heavy (non-hydrogen) atoms. The first-order valence-electron chi connectivity index (χ1n) is 6.98. The summed E-state index contributed by atoms with van der Waals surface area (Å²) in [5, 5.41) is 2.12. The lowest BCUT2D eigenvalue weighted by atomic mass is 9.63. The fourth-order valence-electron chi connectivity index (χ4n) is 3.50. The molecule has 0 aromatic heterocycles. The zero-order valence-corrected chi connectivity index (χ0v) is 12.7. The van der Waals surface area contributed by atoms with E-state index in [-0.39, 0.29) is 24.0 Å². The smallest absolute Gasteiger partial charge is 0.294 e. The molecule has 8 nitrogen and oxygen atoms in total. The van der Waals surface area contributed by atoms with Crippen molar-refractivity contribution in [2.75, 3.05) is 0 Å². The van der Waals surface area contributed by atoms with Crippen molar-refractivity contribution in [3.63, 3.8) is 0 Å². The monoisotopic (exact) mass is 352 g/mol. The lowest BCUT2D eigenvalue weighted by Crippen LogP contribution is -2.74. The number of carbonyl (C=O) groups excluding carboxylic acids is 4. The van der Waals surface area contributed by atoms with Crippen molar-refractivity contribution >= 4 is 33.9 Å². The number of nitrogens with one attached hydrogen (secondary N) is 1. The summed E-state index contributed by atoms with van der Waals surface area (Å²) in [5.41, 5.74) is -1.82. The number of hydrogen-bond donors (Lipinski definition) is 1. The number of nitrogens with zero attached hydrogens (tertiary/aromatic N) is 1. The average molecular weight is 352 g/mol. The van der Waals surface area contributed by atoms with Crippen molar-refractivity contribution in [1.82, 2.24) is 10.2 Å². The molecule has 2 bridgehead atoms. The number of fused-ring (bicyclic) bond motifs is 3. The molecule has 3 fully saturated rings. The highest BCUT2D eigenvalue weighted by atomic mass is 32.3. The van der Waals surface area contributed by atoms with Gasteiger partial charge in [0.15, 0.2) is 0 Å². The Morgan fingerprint density at radius 1 is 1.08 bits per heavy atom. The third kappa shape index (κ3) is 1.68. The van der Waals surface area contributed by atoms with Gasteiger partial charge in [-0.25, -0.2) is 0 Å². The van der Waals surface area contributed by atoms with Gasteiger partial charge in [-0.15, -0.1) is 3.89 Å². The predicted octanol–water partition coefficient (Wildman–Crippen LogP) is -0.254. The van der Waals surface area contributed by atoms with Crippen LogP contribution in [-0.4, -0.2) is 42.5 Å². The van der Waals surface area contributed by atoms with Gasteiger partial charge in [-0.05, 0) is 31.0 Å². The number of benzene rings is 1. The number of piperidine rings is 2. The van der Waals surface area contributed by atoms with Crippen molar-refractivity contribution < 1.29 is 31.5 Å². The van der Waals surface area contributed by atoms with Crippen LogP contribution in [0.4, 0.5) is 3.89 Å². The molecule has 1 aromatic carbocycles. The summed E-state index contributed by atoms with van der Waals surface area (Å²) in [6.45, 7) is 0. The maximum Gasteiger partial charge on any atom is 0.332 e. The fourth-order valence-corrected chi connectivity index (χ4v) is 3.99. The molecule has 0 atom stereocenters. The number of imide groups is 2. The van der Waals surface area contributed by atoms with Crippen LogP contribution >= 0.6 is 0 Å². The van der Waals surface area contributed by atoms with Crippen LogP contribution in [0.15, 0.2) is 23.1 Å². The Hall–Kier alpha value is -2.62. The van der Waals surface area contributed by atoms with Gasteiger partial charge in [0.2, 0.25) is 5.91 Å². The molecular weight excluding hydrogens is 343 g/mol. The van der Waals surface area contributed by atoms with E-state index in [1.165, 1.54) is 0 Å². The molecule has 1 saturated carbocycles. The van der Waals surface area contributed by atoms with E-state index in [0.29, 0.717) is 0 Å². The summed E-state index contributed by atoms with van der Waals surface area (Å²) < 4.78 is 35.1. The van der Waals surface area contributed by atoms with E-state index in [1.54, 1.807) is 0 Å². The third-order valence-electron chi connectivity index (χ3n) is 4.77. The molecule has 4 amide bonds. The number of rotatable bonds is 2. The van der Waals surface area contributed by atoms with Crippen LogP contribution in [0.3, 0.4) is 0 Å². The molecule has 2 saturated heterocycles. The first kappa shape index (κ1) is 14.9. The second kappa shape index (κ2) is 4.26. The average Bonchev–Trinajstić information content (AvgIpc) is 2.69. The zero-order valence-electron chi connectivity index (χ0n) is 11.9. The van der Waals surface area contributed by atoms with Gasteiger partial charge in [-0.3, -0.25) is 29.4 Å². The van der Waals surface area contributed by atoms with E-state index in [4.69, 9.17) is 0 Å². The standard InChI is InChI=1S/C14H9FN2O6S/c15-24(22,23)7-1-2-8-9(3-7)12(20)17(11(8)19)14-4-6(5-14)10(18)16-13(14)21/h1-3,6H,4-5H2,(H,16,18,21). The number of hydrogen-bond acceptors (Lipinski definition) is 6. The maximum absolute atomic E-state index is 13.1. The van der Waals surface area contributed by atoms with Gasteiger partial charge in [0.25, 0.3) is 17.7 Å². The van der Waals surface area contributed by atoms with Gasteiger partial charge in [-0.1, -0.05) is 0 Å². The van der Waals surface area contributed by atoms with E-state index in [9.17, 15) is 31.5 Å². The molecule has 0 unspecified atom stereocenters. The van der Waals surface area contributed by atoms with Gasteiger partial charge in [0.1, 0.15) is 5.54 Å². The molecular formula is C14H9FN2O6S. The molecule has 1 aromatic rings. The van der Waals surface area contributed by atoms with Crippen molar-refractivity contribution in [3.05, 3.63) is 29.3 Å². The zero-order chi connectivity index (χ0) is 17.4. The van der Waals surface area contributed by atoms with Crippen LogP contribution in [0.2, 0.25) is 0 Å². The van der Waals surface area contributed by atoms with Crippen LogP contribution in [0.1, 0.15) is 33.6 Å². The molecule has 0 radical (unpaired) electrons. The number of amides is 4.